The molecule has 27 heavy (non-hydrogen) atoms. The molecule has 4 rings (SSSR count). The highest BCUT2D eigenvalue weighted by molar-refractivity contribution is 9.10. The van der Waals surface area contributed by atoms with Crippen LogP contribution in [0.4, 0.5) is 0 Å². The molecule has 0 unspecified atom stereocenters. The van der Waals surface area contributed by atoms with Crippen LogP contribution in [0.5, 0.6) is 0 Å². The Morgan fingerprint density at radius 3 is 2.63 bits per heavy atom. The van der Waals surface area contributed by atoms with E-state index in [0.29, 0.717) is 10.6 Å². The molecular formula is C19H14BrN5S2. The van der Waals surface area contributed by atoms with E-state index in [1.54, 1.807) is 22.2 Å². The largest absolute Gasteiger partial charge is 0.250 e. The van der Waals surface area contributed by atoms with Gasteiger partial charge in [0.1, 0.15) is 5.01 Å². The maximum absolute atomic E-state index is 5.36. The molecule has 0 aliphatic carbocycles. The van der Waals surface area contributed by atoms with Crippen molar-refractivity contribution >= 4 is 45.7 Å². The fourth-order valence-electron chi connectivity index (χ4n) is 2.53. The summed E-state index contributed by atoms with van der Waals surface area (Å²) in [6.45, 7) is 1.97. The number of aromatic nitrogens is 4. The summed E-state index contributed by atoms with van der Waals surface area (Å²) in [5.74, 6) is 0.658. The van der Waals surface area contributed by atoms with Crippen molar-refractivity contribution in [2.75, 3.05) is 0 Å². The van der Waals surface area contributed by atoms with Crippen molar-refractivity contribution in [1.82, 2.24) is 19.9 Å². The lowest BCUT2D eigenvalue weighted by Gasteiger charge is -1.99. The van der Waals surface area contributed by atoms with E-state index in [-0.39, 0.29) is 0 Å². The Morgan fingerprint density at radius 2 is 1.89 bits per heavy atom. The van der Waals surface area contributed by atoms with E-state index in [4.69, 9.17) is 17.2 Å². The Hall–Kier alpha value is -2.42. The van der Waals surface area contributed by atoms with Crippen LogP contribution in [0, 0.1) is 11.7 Å². The molecule has 0 spiro atoms. The number of aromatic amines is 1. The number of hydrogen-bond donors (Lipinski definition) is 1. The van der Waals surface area contributed by atoms with Crippen molar-refractivity contribution in [3.63, 3.8) is 0 Å². The fraction of sp³-hybridized carbons (Fsp3) is 0.0526. The molecule has 2 heterocycles. The molecule has 0 bridgehead atoms. The van der Waals surface area contributed by atoms with E-state index in [1.807, 2.05) is 61.5 Å². The average Bonchev–Trinajstić information content (AvgIpc) is 3.24. The van der Waals surface area contributed by atoms with E-state index in [1.165, 1.54) is 0 Å². The molecule has 0 aliphatic heterocycles. The Morgan fingerprint density at radius 1 is 1.15 bits per heavy atom. The van der Waals surface area contributed by atoms with Crippen molar-refractivity contribution in [1.29, 1.82) is 0 Å². The monoisotopic (exact) mass is 455 g/mol. The molecule has 0 saturated heterocycles. The van der Waals surface area contributed by atoms with Crippen LogP contribution in [-0.2, 0) is 0 Å². The number of hydrogen-bond acceptors (Lipinski definition) is 5. The van der Waals surface area contributed by atoms with Gasteiger partial charge in [-0.25, -0.2) is 10.1 Å². The van der Waals surface area contributed by atoms with E-state index >= 15 is 0 Å². The van der Waals surface area contributed by atoms with Crippen molar-refractivity contribution in [3.05, 3.63) is 75.1 Å². The molecule has 4 aromatic rings. The highest BCUT2D eigenvalue weighted by atomic mass is 79.9. The molecule has 5 nitrogen and oxygen atoms in total. The molecule has 8 heteroatoms. The van der Waals surface area contributed by atoms with Crippen molar-refractivity contribution in [2.24, 2.45) is 5.10 Å². The number of benzene rings is 2. The van der Waals surface area contributed by atoms with Gasteiger partial charge in [0.25, 0.3) is 0 Å². The zero-order valence-electron chi connectivity index (χ0n) is 14.3. The first-order valence-corrected chi connectivity index (χ1v) is 10.1. The van der Waals surface area contributed by atoms with Crippen LogP contribution in [0.2, 0.25) is 0 Å². The van der Waals surface area contributed by atoms with Crippen LogP contribution in [-0.4, -0.2) is 26.1 Å². The van der Waals surface area contributed by atoms with Gasteiger partial charge in [0.15, 0.2) is 5.82 Å². The van der Waals surface area contributed by atoms with Gasteiger partial charge < -0.3 is 0 Å². The van der Waals surface area contributed by atoms with Gasteiger partial charge in [-0.05, 0) is 36.8 Å². The quantitative estimate of drug-likeness (QED) is 0.317. The first-order valence-electron chi connectivity index (χ1n) is 8.12. The Labute approximate surface area is 173 Å². The lowest BCUT2D eigenvalue weighted by atomic mass is 10.2. The SMILES string of the molecule is Cc1nc(-c2ccccc2)sc1-c1n[nH]c(=S)n1/N=C\c1ccc(Br)cc1. The number of nitrogens with zero attached hydrogens (tertiary/aromatic N) is 4. The first kappa shape index (κ1) is 18.0. The second-order valence-electron chi connectivity index (χ2n) is 5.76. The summed E-state index contributed by atoms with van der Waals surface area (Å²) < 4.78 is 3.09. The van der Waals surface area contributed by atoms with Crippen molar-refractivity contribution in [2.45, 2.75) is 6.92 Å². The van der Waals surface area contributed by atoms with Gasteiger partial charge in [0, 0.05) is 10.0 Å². The van der Waals surface area contributed by atoms with Crippen LogP contribution >= 0.6 is 39.5 Å². The second kappa shape index (κ2) is 7.67. The van der Waals surface area contributed by atoms with E-state index in [0.717, 1.165) is 31.2 Å². The second-order valence-corrected chi connectivity index (χ2v) is 8.06. The summed E-state index contributed by atoms with van der Waals surface area (Å²) in [5, 5.41) is 12.7. The minimum absolute atomic E-state index is 0.437. The number of halogens is 1. The lowest BCUT2D eigenvalue weighted by Crippen LogP contribution is -1.95. The molecule has 2 aromatic heterocycles. The minimum atomic E-state index is 0.437. The lowest BCUT2D eigenvalue weighted by molar-refractivity contribution is 0.872. The number of nitrogens with one attached hydrogen (secondary N) is 1. The van der Waals surface area contributed by atoms with Gasteiger partial charge in [0.05, 0.1) is 16.8 Å². The average molecular weight is 456 g/mol. The maximum atomic E-state index is 5.36. The summed E-state index contributed by atoms with van der Waals surface area (Å²) in [6.07, 6.45) is 1.76. The summed E-state index contributed by atoms with van der Waals surface area (Å²) >= 11 is 10.4. The van der Waals surface area contributed by atoms with Gasteiger partial charge in [-0.3, -0.25) is 0 Å². The van der Waals surface area contributed by atoms with Gasteiger partial charge in [0.2, 0.25) is 4.77 Å². The van der Waals surface area contributed by atoms with E-state index in [9.17, 15) is 0 Å². The van der Waals surface area contributed by atoms with Crippen LogP contribution in [0.15, 0.2) is 64.2 Å². The van der Waals surface area contributed by atoms with Gasteiger partial charge in [-0.1, -0.05) is 58.4 Å². The highest BCUT2D eigenvalue weighted by Crippen LogP contribution is 2.34. The standard InChI is InChI=1S/C19H14BrN5S2/c1-12-16(27-18(22-12)14-5-3-2-4-6-14)17-23-24-19(26)25(17)21-11-13-7-9-15(20)10-8-13/h2-11H,1H3,(H,24,26)/b21-11-. The van der Waals surface area contributed by atoms with Gasteiger partial charge >= 0.3 is 0 Å². The van der Waals surface area contributed by atoms with Crippen LogP contribution in [0.3, 0.4) is 0 Å². The van der Waals surface area contributed by atoms with Crippen molar-refractivity contribution in [3.8, 4) is 21.3 Å². The molecule has 134 valence electrons. The zero-order chi connectivity index (χ0) is 18.8. The highest BCUT2D eigenvalue weighted by Gasteiger charge is 2.17. The predicted molar refractivity (Wildman–Crippen MR) is 116 cm³/mol. The zero-order valence-corrected chi connectivity index (χ0v) is 17.5. The normalized spacial score (nSPS) is 11.3. The minimum Gasteiger partial charge on any atom is -0.250 e. The third-order valence-corrected chi connectivity index (χ3v) is 5.86. The molecule has 0 saturated carbocycles. The molecule has 0 radical (unpaired) electrons. The fourth-order valence-corrected chi connectivity index (χ4v) is 4.02. The van der Waals surface area contributed by atoms with Gasteiger partial charge in [-0.2, -0.15) is 14.9 Å². The Balaban J connectivity index is 1.73. The summed E-state index contributed by atoms with van der Waals surface area (Å²) in [5.41, 5.74) is 2.95. The molecule has 0 fully saturated rings. The van der Waals surface area contributed by atoms with Crippen LogP contribution in [0.1, 0.15) is 11.3 Å². The summed E-state index contributed by atoms with van der Waals surface area (Å²) in [6, 6.07) is 18.0. The van der Waals surface area contributed by atoms with Gasteiger partial charge in [-0.15, -0.1) is 11.3 Å². The van der Waals surface area contributed by atoms with Crippen LogP contribution in [0.25, 0.3) is 21.3 Å². The topological polar surface area (TPSA) is 58.9 Å². The molecule has 0 aliphatic rings. The predicted octanol–water partition coefficient (Wildman–Crippen LogP) is 5.68. The molecule has 0 amide bonds. The Kier molecular flexibility index (Phi) is 5.11. The number of H-pyrrole nitrogens is 1. The Bertz CT molecular complexity index is 1160. The third kappa shape index (κ3) is 3.83. The maximum Gasteiger partial charge on any atom is 0.216 e. The molecule has 2 aromatic carbocycles. The third-order valence-electron chi connectivity index (χ3n) is 3.86. The van der Waals surface area contributed by atoms with E-state index in [2.05, 4.69) is 31.2 Å². The summed E-state index contributed by atoms with van der Waals surface area (Å²) in [7, 11) is 0. The van der Waals surface area contributed by atoms with Crippen molar-refractivity contribution < 1.29 is 0 Å². The number of thiazole rings is 1. The molecule has 1 N–H and O–H groups in total. The number of aryl methyl sites for hydroxylation is 1. The van der Waals surface area contributed by atoms with E-state index < -0.39 is 0 Å². The summed E-state index contributed by atoms with van der Waals surface area (Å²) in [4.78, 5) is 5.63. The molecule has 0 atom stereocenters. The van der Waals surface area contributed by atoms with Crippen LogP contribution < -0.4 is 0 Å². The first-order chi connectivity index (χ1) is 13.1. The number of rotatable bonds is 4. The molecular weight excluding hydrogens is 442 g/mol. The smallest absolute Gasteiger partial charge is 0.216 e.